The van der Waals surface area contributed by atoms with Gasteiger partial charge in [0, 0.05) is 18.3 Å². The Morgan fingerprint density at radius 1 is 1.00 bits per heavy atom. The van der Waals surface area contributed by atoms with Crippen molar-refractivity contribution in [1.29, 1.82) is 0 Å². The molecular weight excluding hydrogens is 353 g/mol. The highest BCUT2D eigenvalue weighted by Gasteiger charge is 2.20. The van der Waals surface area contributed by atoms with Crippen molar-refractivity contribution >= 4 is 23.0 Å². The van der Waals surface area contributed by atoms with Crippen molar-refractivity contribution in [3.05, 3.63) is 71.3 Å². The number of hydrogen-bond acceptors (Lipinski definition) is 4. The summed E-state index contributed by atoms with van der Waals surface area (Å²) in [5, 5.41) is 2.73. The molecule has 1 aliphatic rings. The van der Waals surface area contributed by atoms with Crippen molar-refractivity contribution in [3.8, 4) is 0 Å². The van der Waals surface area contributed by atoms with Crippen LogP contribution in [0.5, 0.6) is 0 Å². The molecule has 2 heterocycles. The largest absolute Gasteiger partial charge is 0.338 e. The third kappa shape index (κ3) is 3.32. The Kier molecular flexibility index (Phi) is 4.43. The monoisotopic (exact) mass is 370 g/mol. The first-order valence-corrected chi connectivity index (χ1v) is 8.64. The van der Waals surface area contributed by atoms with Crippen LogP contribution in [-0.2, 0) is 6.42 Å². The fraction of sp³-hybridized carbons (Fsp3) is 0.200. The second kappa shape index (κ2) is 6.90. The molecule has 7 heteroatoms. The molecule has 0 amide bonds. The molecular formula is C20H17F3N4. The minimum atomic E-state index is -1.52. The average molecular weight is 370 g/mol. The van der Waals surface area contributed by atoms with Crippen LogP contribution in [0.25, 0.3) is 0 Å². The van der Waals surface area contributed by atoms with E-state index in [2.05, 4.69) is 26.3 Å². The Labute approximate surface area is 154 Å². The molecule has 138 valence electrons. The number of fused-ring (bicyclic) bond motifs is 1. The van der Waals surface area contributed by atoms with Crippen LogP contribution in [0.1, 0.15) is 17.8 Å². The molecule has 4 rings (SSSR count). The Balaban J connectivity index is 1.70. The lowest BCUT2D eigenvalue weighted by molar-refractivity contribution is 0.449. The van der Waals surface area contributed by atoms with Crippen molar-refractivity contribution in [2.75, 3.05) is 16.8 Å². The number of nitrogens with one attached hydrogen (secondary N) is 1. The quantitative estimate of drug-likeness (QED) is 0.657. The molecule has 0 aliphatic carbocycles. The fourth-order valence-corrected chi connectivity index (χ4v) is 3.29. The van der Waals surface area contributed by atoms with Gasteiger partial charge in [-0.2, -0.15) is 0 Å². The molecule has 0 bridgehead atoms. The maximum Gasteiger partial charge on any atom is 0.196 e. The van der Waals surface area contributed by atoms with Gasteiger partial charge < -0.3 is 10.2 Å². The van der Waals surface area contributed by atoms with Crippen LogP contribution in [0.2, 0.25) is 0 Å². The van der Waals surface area contributed by atoms with E-state index < -0.39 is 17.5 Å². The second-order valence-electron chi connectivity index (χ2n) is 6.39. The first-order valence-electron chi connectivity index (χ1n) is 8.64. The van der Waals surface area contributed by atoms with E-state index in [-0.39, 0.29) is 5.69 Å². The lowest BCUT2D eigenvalue weighted by atomic mass is 10.0. The molecule has 0 saturated carbocycles. The third-order valence-electron chi connectivity index (χ3n) is 4.51. The summed E-state index contributed by atoms with van der Waals surface area (Å²) >= 11 is 0. The molecule has 0 unspecified atom stereocenters. The fourth-order valence-electron chi connectivity index (χ4n) is 3.29. The van der Waals surface area contributed by atoms with Gasteiger partial charge in [0.1, 0.15) is 17.5 Å². The number of aromatic nitrogens is 2. The van der Waals surface area contributed by atoms with Gasteiger partial charge in [-0.1, -0.05) is 18.2 Å². The van der Waals surface area contributed by atoms with E-state index in [0.717, 1.165) is 37.2 Å². The van der Waals surface area contributed by atoms with Crippen LogP contribution in [0, 0.1) is 24.4 Å². The summed E-state index contributed by atoms with van der Waals surface area (Å²) in [5.74, 6) is -2.57. The number of benzene rings is 2. The van der Waals surface area contributed by atoms with E-state index in [4.69, 9.17) is 0 Å². The number of anilines is 4. The summed E-state index contributed by atoms with van der Waals surface area (Å²) in [6.07, 6.45) is 1.99. The van der Waals surface area contributed by atoms with Gasteiger partial charge in [0.05, 0.1) is 5.69 Å². The van der Waals surface area contributed by atoms with E-state index in [1.165, 1.54) is 5.56 Å². The smallest absolute Gasteiger partial charge is 0.196 e. The van der Waals surface area contributed by atoms with Crippen LogP contribution >= 0.6 is 0 Å². The van der Waals surface area contributed by atoms with Crippen molar-refractivity contribution in [3.63, 3.8) is 0 Å². The zero-order valence-corrected chi connectivity index (χ0v) is 14.6. The van der Waals surface area contributed by atoms with Gasteiger partial charge in [0.25, 0.3) is 0 Å². The average Bonchev–Trinajstić information content (AvgIpc) is 2.67. The molecule has 0 fully saturated rings. The standard InChI is InChI=1S/C20H17F3N4/c1-12-24-17(26-15-9-8-14(21)19(22)20(15)23)11-18(25-12)27-10-4-6-13-5-2-3-7-16(13)27/h2-3,5,7-9,11H,4,6,10H2,1H3,(H,24,25,26). The molecule has 0 radical (unpaired) electrons. The molecule has 4 nitrogen and oxygen atoms in total. The zero-order valence-electron chi connectivity index (χ0n) is 14.6. The third-order valence-corrected chi connectivity index (χ3v) is 4.51. The summed E-state index contributed by atoms with van der Waals surface area (Å²) in [6.45, 7) is 2.53. The predicted octanol–water partition coefficient (Wildman–Crippen LogP) is 5.03. The SMILES string of the molecule is Cc1nc(Nc2ccc(F)c(F)c2F)cc(N2CCCc3ccccc32)n1. The molecule has 0 spiro atoms. The van der Waals surface area contributed by atoms with E-state index in [0.29, 0.717) is 17.5 Å². The van der Waals surface area contributed by atoms with Crippen LogP contribution in [0.4, 0.5) is 36.2 Å². The Morgan fingerprint density at radius 2 is 1.81 bits per heavy atom. The Hall–Kier alpha value is -3.09. The maximum absolute atomic E-state index is 14.0. The van der Waals surface area contributed by atoms with Gasteiger partial charge in [-0.25, -0.2) is 23.1 Å². The van der Waals surface area contributed by atoms with Crippen molar-refractivity contribution in [1.82, 2.24) is 9.97 Å². The topological polar surface area (TPSA) is 41.1 Å². The number of hydrogen-bond donors (Lipinski definition) is 1. The Bertz CT molecular complexity index is 1010. The number of nitrogens with zero attached hydrogens (tertiary/aromatic N) is 3. The highest BCUT2D eigenvalue weighted by molar-refractivity contribution is 5.68. The second-order valence-corrected chi connectivity index (χ2v) is 6.39. The van der Waals surface area contributed by atoms with Crippen molar-refractivity contribution in [2.45, 2.75) is 19.8 Å². The van der Waals surface area contributed by atoms with Crippen LogP contribution in [0.3, 0.4) is 0 Å². The van der Waals surface area contributed by atoms with Gasteiger partial charge in [-0.15, -0.1) is 0 Å². The lowest BCUT2D eigenvalue weighted by Crippen LogP contribution is -2.25. The molecule has 1 aromatic heterocycles. The minimum absolute atomic E-state index is 0.183. The molecule has 1 N–H and O–H groups in total. The summed E-state index contributed by atoms with van der Waals surface area (Å²) in [6, 6.07) is 11.8. The Morgan fingerprint density at radius 3 is 2.67 bits per heavy atom. The molecule has 3 aromatic rings. The van der Waals surface area contributed by atoms with Gasteiger partial charge >= 0.3 is 0 Å². The van der Waals surface area contributed by atoms with Crippen molar-refractivity contribution < 1.29 is 13.2 Å². The summed E-state index contributed by atoms with van der Waals surface area (Å²) in [5.41, 5.74) is 2.13. The first kappa shape index (κ1) is 17.3. The summed E-state index contributed by atoms with van der Waals surface area (Å²) in [4.78, 5) is 10.8. The number of halogens is 3. The van der Waals surface area contributed by atoms with E-state index in [1.807, 2.05) is 18.2 Å². The first-order chi connectivity index (χ1) is 13.0. The lowest BCUT2D eigenvalue weighted by Gasteiger charge is -2.30. The number of aryl methyl sites for hydroxylation is 2. The normalized spacial score (nSPS) is 13.4. The molecule has 2 aromatic carbocycles. The van der Waals surface area contributed by atoms with E-state index >= 15 is 0 Å². The highest BCUT2D eigenvalue weighted by atomic mass is 19.2. The van der Waals surface area contributed by atoms with Crippen LogP contribution < -0.4 is 10.2 Å². The van der Waals surface area contributed by atoms with Crippen LogP contribution in [-0.4, -0.2) is 16.5 Å². The van der Waals surface area contributed by atoms with E-state index in [9.17, 15) is 13.2 Å². The molecule has 0 atom stereocenters. The maximum atomic E-state index is 14.0. The van der Waals surface area contributed by atoms with E-state index in [1.54, 1.807) is 13.0 Å². The minimum Gasteiger partial charge on any atom is -0.338 e. The molecule has 0 saturated heterocycles. The van der Waals surface area contributed by atoms with Gasteiger partial charge in [-0.05, 0) is 43.5 Å². The van der Waals surface area contributed by atoms with Gasteiger partial charge in [-0.3, -0.25) is 0 Å². The number of para-hydroxylation sites is 1. The summed E-state index contributed by atoms with van der Waals surface area (Å²) < 4.78 is 40.6. The predicted molar refractivity (Wildman–Crippen MR) is 98.1 cm³/mol. The van der Waals surface area contributed by atoms with Crippen LogP contribution in [0.15, 0.2) is 42.5 Å². The molecule has 27 heavy (non-hydrogen) atoms. The van der Waals surface area contributed by atoms with Crippen molar-refractivity contribution in [2.24, 2.45) is 0 Å². The molecule has 1 aliphatic heterocycles. The highest BCUT2D eigenvalue weighted by Crippen LogP contribution is 2.33. The van der Waals surface area contributed by atoms with Gasteiger partial charge in [0.2, 0.25) is 0 Å². The van der Waals surface area contributed by atoms with Gasteiger partial charge in [0.15, 0.2) is 17.5 Å². The zero-order chi connectivity index (χ0) is 19.0. The summed E-state index contributed by atoms with van der Waals surface area (Å²) in [7, 11) is 0. The number of rotatable bonds is 3.